The number of nitrogens with one attached hydrogen (secondary N) is 2. The Morgan fingerprint density at radius 3 is 2.55 bits per heavy atom. The third-order valence-electron chi connectivity index (χ3n) is 4.40. The molecule has 0 aliphatic rings. The van der Waals surface area contributed by atoms with E-state index in [9.17, 15) is 9.59 Å². The SMILES string of the molecule is CCCNC(=O)c1nc(C(=O)NCc2ccc(OC)c(OC)c2)n2ccccc12. The number of fused-ring (bicyclic) bond motifs is 1. The molecule has 0 atom stereocenters. The number of rotatable bonds is 8. The summed E-state index contributed by atoms with van der Waals surface area (Å²) >= 11 is 0. The van der Waals surface area contributed by atoms with Crippen molar-refractivity contribution in [1.29, 1.82) is 0 Å². The highest BCUT2D eigenvalue weighted by Crippen LogP contribution is 2.27. The minimum Gasteiger partial charge on any atom is -0.493 e. The van der Waals surface area contributed by atoms with Gasteiger partial charge in [-0.15, -0.1) is 0 Å². The van der Waals surface area contributed by atoms with Gasteiger partial charge < -0.3 is 20.1 Å². The quantitative estimate of drug-likeness (QED) is 0.610. The molecule has 0 aliphatic carbocycles. The Bertz CT molecular complexity index is 1030. The van der Waals surface area contributed by atoms with Crippen molar-refractivity contribution in [3.63, 3.8) is 0 Å². The van der Waals surface area contributed by atoms with E-state index in [2.05, 4.69) is 15.6 Å². The molecule has 8 nitrogen and oxygen atoms in total. The molecular formula is C21H24N4O4. The van der Waals surface area contributed by atoms with Crippen molar-refractivity contribution >= 4 is 17.3 Å². The summed E-state index contributed by atoms with van der Waals surface area (Å²) < 4.78 is 12.1. The minimum absolute atomic E-state index is 0.155. The van der Waals surface area contributed by atoms with E-state index in [4.69, 9.17) is 9.47 Å². The fourth-order valence-corrected chi connectivity index (χ4v) is 2.94. The molecule has 8 heteroatoms. The van der Waals surface area contributed by atoms with Gasteiger partial charge in [-0.05, 0) is 36.2 Å². The summed E-state index contributed by atoms with van der Waals surface area (Å²) in [6, 6.07) is 10.8. The summed E-state index contributed by atoms with van der Waals surface area (Å²) in [5.74, 6) is 0.678. The molecule has 152 valence electrons. The molecule has 3 aromatic rings. The topological polar surface area (TPSA) is 94.0 Å². The van der Waals surface area contributed by atoms with Gasteiger partial charge in [0.2, 0.25) is 5.82 Å². The Morgan fingerprint density at radius 2 is 1.83 bits per heavy atom. The number of ether oxygens (including phenoxy) is 2. The largest absolute Gasteiger partial charge is 0.493 e. The van der Waals surface area contributed by atoms with Gasteiger partial charge in [0.1, 0.15) is 0 Å². The van der Waals surface area contributed by atoms with Gasteiger partial charge in [-0.25, -0.2) is 4.98 Å². The third kappa shape index (κ3) is 4.31. The summed E-state index contributed by atoms with van der Waals surface area (Å²) in [5.41, 5.74) is 1.66. The van der Waals surface area contributed by atoms with Gasteiger partial charge in [0.05, 0.1) is 19.7 Å². The Balaban J connectivity index is 1.81. The van der Waals surface area contributed by atoms with Crippen LogP contribution in [0, 0.1) is 0 Å². The van der Waals surface area contributed by atoms with Crippen molar-refractivity contribution in [3.05, 3.63) is 59.7 Å². The van der Waals surface area contributed by atoms with E-state index in [-0.39, 0.29) is 29.9 Å². The lowest BCUT2D eigenvalue weighted by atomic mass is 10.2. The van der Waals surface area contributed by atoms with Crippen LogP contribution in [0.1, 0.15) is 40.0 Å². The van der Waals surface area contributed by atoms with Crippen LogP contribution in [-0.2, 0) is 6.54 Å². The molecule has 2 amide bonds. The lowest BCUT2D eigenvalue weighted by Gasteiger charge is -2.10. The number of aromatic nitrogens is 2. The number of amides is 2. The van der Waals surface area contributed by atoms with Crippen LogP contribution in [0.3, 0.4) is 0 Å². The van der Waals surface area contributed by atoms with Crippen LogP contribution in [0.25, 0.3) is 5.52 Å². The molecule has 2 heterocycles. The smallest absolute Gasteiger partial charge is 0.287 e. The Morgan fingerprint density at radius 1 is 1.03 bits per heavy atom. The highest BCUT2D eigenvalue weighted by molar-refractivity contribution is 6.02. The number of hydrogen-bond acceptors (Lipinski definition) is 5. The normalized spacial score (nSPS) is 10.6. The van der Waals surface area contributed by atoms with Gasteiger partial charge in [0, 0.05) is 19.3 Å². The van der Waals surface area contributed by atoms with Gasteiger partial charge >= 0.3 is 0 Å². The van der Waals surface area contributed by atoms with Crippen molar-refractivity contribution in [1.82, 2.24) is 20.0 Å². The van der Waals surface area contributed by atoms with Gasteiger partial charge in [-0.2, -0.15) is 0 Å². The van der Waals surface area contributed by atoms with E-state index < -0.39 is 0 Å². The fraction of sp³-hybridized carbons (Fsp3) is 0.286. The van der Waals surface area contributed by atoms with Crippen molar-refractivity contribution < 1.29 is 19.1 Å². The van der Waals surface area contributed by atoms with Crippen molar-refractivity contribution in [2.45, 2.75) is 19.9 Å². The third-order valence-corrected chi connectivity index (χ3v) is 4.40. The first-order valence-corrected chi connectivity index (χ1v) is 9.33. The van der Waals surface area contributed by atoms with Crippen molar-refractivity contribution in [2.75, 3.05) is 20.8 Å². The van der Waals surface area contributed by atoms with Crippen LogP contribution in [0.4, 0.5) is 0 Å². The maximum atomic E-state index is 12.8. The van der Waals surface area contributed by atoms with Crippen LogP contribution in [0.2, 0.25) is 0 Å². The second-order valence-electron chi connectivity index (χ2n) is 6.37. The lowest BCUT2D eigenvalue weighted by Crippen LogP contribution is -2.26. The average Bonchev–Trinajstić information content (AvgIpc) is 3.15. The number of carbonyl (C=O) groups is 2. The predicted octanol–water partition coefficient (Wildman–Crippen LogP) is 2.42. The lowest BCUT2D eigenvalue weighted by molar-refractivity contribution is 0.0939. The summed E-state index contributed by atoms with van der Waals surface area (Å²) in [5, 5.41) is 5.64. The van der Waals surface area contributed by atoms with E-state index in [0.717, 1.165) is 12.0 Å². The fourth-order valence-electron chi connectivity index (χ4n) is 2.94. The summed E-state index contributed by atoms with van der Waals surface area (Å²) in [7, 11) is 3.12. The molecule has 0 aliphatic heterocycles. The number of imidazole rings is 1. The maximum Gasteiger partial charge on any atom is 0.287 e. The van der Waals surface area contributed by atoms with E-state index in [1.54, 1.807) is 55.1 Å². The van der Waals surface area contributed by atoms with E-state index in [1.807, 2.05) is 13.0 Å². The second kappa shape index (κ2) is 9.09. The maximum absolute atomic E-state index is 12.8. The average molecular weight is 396 g/mol. The highest BCUT2D eigenvalue weighted by atomic mass is 16.5. The monoisotopic (exact) mass is 396 g/mol. The molecule has 3 rings (SSSR count). The molecule has 0 fully saturated rings. The van der Waals surface area contributed by atoms with Gasteiger partial charge in [-0.1, -0.05) is 19.1 Å². The molecule has 1 aromatic carbocycles. The number of nitrogens with zero attached hydrogens (tertiary/aromatic N) is 2. The molecule has 0 saturated heterocycles. The number of pyridine rings is 1. The van der Waals surface area contributed by atoms with Crippen molar-refractivity contribution in [2.24, 2.45) is 0 Å². The highest BCUT2D eigenvalue weighted by Gasteiger charge is 2.21. The number of carbonyl (C=O) groups excluding carboxylic acids is 2. The van der Waals surface area contributed by atoms with E-state index in [1.165, 1.54) is 0 Å². The molecule has 0 spiro atoms. The summed E-state index contributed by atoms with van der Waals surface area (Å²) in [4.78, 5) is 29.5. The molecule has 2 aromatic heterocycles. The zero-order valence-corrected chi connectivity index (χ0v) is 16.7. The zero-order chi connectivity index (χ0) is 20.8. The second-order valence-corrected chi connectivity index (χ2v) is 6.37. The van der Waals surface area contributed by atoms with Crippen LogP contribution < -0.4 is 20.1 Å². The molecule has 0 radical (unpaired) electrons. The van der Waals surface area contributed by atoms with Crippen LogP contribution >= 0.6 is 0 Å². The summed E-state index contributed by atoms with van der Waals surface area (Å²) in [6.07, 6.45) is 2.53. The molecule has 0 saturated carbocycles. The Hall–Kier alpha value is -3.55. The Kier molecular flexibility index (Phi) is 6.33. The van der Waals surface area contributed by atoms with Gasteiger partial charge in [-0.3, -0.25) is 14.0 Å². The molecule has 29 heavy (non-hydrogen) atoms. The van der Waals surface area contributed by atoms with Gasteiger partial charge in [0.15, 0.2) is 17.2 Å². The molecular weight excluding hydrogens is 372 g/mol. The van der Waals surface area contributed by atoms with E-state index in [0.29, 0.717) is 23.6 Å². The first-order valence-electron chi connectivity index (χ1n) is 9.33. The summed E-state index contributed by atoms with van der Waals surface area (Å²) in [6.45, 7) is 2.79. The molecule has 0 unspecified atom stereocenters. The molecule has 2 N–H and O–H groups in total. The number of hydrogen-bond donors (Lipinski definition) is 2. The molecule has 0 bridgehead atoms. The number of benzene rings is 1. The first kappa shape index (κ1) is 20.2. The standard InChI is InChI=1S/C21H24N4O4/c1-4-10-22-20(26)18-15-7-5-6-11-25(15)19(24-18)21(27)23-13-14-8-9-16(28-2)17(12-14)29-3/h5-9,11-12H,4,10,13H2,1-3H3,(H,22,26)(H,23,27). The predicted molar refractivity (Wildman–Crippen MR) is 109 cm³/mol. The van der Waals surface area contributed by atoms with Gasteiger partial charge in [0.25, 0.3) is 11.8 Å². The number of methoxy groups -OCH3 is 2. The first-order chi connectivity index (χ1) is 14.1. The minimum atomic E-state index is -0.379. The van der Waals surface area contributed by atoms with Crippen LogP contribution in [0.5, 0.6) is 11.5 Å². The van der Waals surface area contributed by atoms with Crippen LogP contribution in [0.15, 0.2) is 42.6 Å². The Labute approximate surface area is 168 Å². The van der Waals surface area contributed by atoms with E-state index >= 15 is 0 Å². The van der Waals surface area contributed by atoms with Crippen LogP contribution in [-0.4, -0.2) is 42.0 Å². The van der Waals surface area contributed by atoms with Crippen molar-refractivity contribution in [3.8, 4) is 11.5 Å². The zero-order valence-electron chi connectivity index (χ0n) is 16.7.